The Balaban J connectivity index is 3.09. The summed E-state index contributed by atoms with van der Waals surface area (Å²) in [6.45, 7) is -3.13. The van der Waals surface area contributed by atoms with Crippen LogP contribution >= 0.6 is 136 Å². The number of hydrogen-bond acceptors (Lipinski definition) is 12. The molecule has 2 aromatic carbocycles. The van der Waals surface area contributed by atoms with Gasteiger partial charge in [-0.25, -0.2) is 9.59 Å². The van der Waals surface area contributed by atoms with E-state index < -0.39 is 75.5 Å². The van der Waals surface area contributed by atoms with Crippen molar-refractivity contribution in [2.75, 3.05) is 53.9 Å². The molecule has 2 amide bonds. The molecule has 0 aromatic heterocycles. The van der Waals surface area contributed by atoms with Crippen molar-refractivity contribution in [3.63, 3.8) is 0 Å². The van der Waals surface area contributed by atoms with Gasteiger partial charge in [-0.2, -0.15) is 0 Å². The number of benzene rings is 2. The van der Waals surface area contributed by atoms with E-state index in [1.807, 2.05) is 136 Å². The van der Waals surface area contributed by atoms with Crippen molar-refractivity contribution < 1.29 is 58.6 Å². The largest absolute Gasteiger partial charge is 0.480 e. The van der Waals surface area contributed by atoms with Gasteiger partial charge in [0.1, 0.15) is 11.5 Å². The summed E-state index contributed by atoms with van der Waals surface area (Å²) in [7, 11) is 2.39. The first-order valence-corrected chi connectivity index (χ1v) is 19.1. The first kappa shape index (κ1) is 42.3. The number of nitrogens with one attached hydrogen (secondary N) is 2. The molecule has 254 valence electrons. The standard InChI is InChI=1S/C26H26I6N2O12/c1-43-11(39)7-45-23-19(29)13(17(27)15(21(23)31)25(41)33-9(3-35)4-36)14-18(28)16(26(42)34-10(5-37)6-38)22(32)24(20(14)30)46-8-12(40)44-2/h9-10,35-38H,3-8H2,1-2H3,(H,33,41)(H,34,42). The number of halogens is 6. The monoisotopic (exact) mass is 1320 g/mol. The van der Waals surface area contributed by atoms with Gasteiger partial charge in [-0.15, -0.1) is 0 Å². The molecule has 0 spiro atoms. The quantitative estimate of drug-likeness (QED) is 0.112. The van der Waals surface area contributed by atoms with Crippen LogP contribution in [0.15, 0.2) is 0 Å². The van der Waals surface area contributed by atoms with Crippen molar-refractivity contribution in [1.29, 1.82) is 0 Å². The average molecular weight is 1320 g/mol. The van der Waals surface area contributed by atoms with E-state index >= 15 is 0 Å². The molecule has 0 aliphatic rings. The summed E-state index contributed by atoms with van der Waals surface area (Å²) in [5, 5.41) is 43.6. The molecule has 2 rings (SSSR count). The first-order valence-electron chi connectivity index (χ1n) is 12.6. The number of aliphatic hydroxyl groups is 4. The van der Waals surface area contributed by atoms with Gasteiger partial charge in [0.25, 0.3) is 11.8 Å². The highest BCUT2D eigenvalue weighted by Crippen LogP contribution is 2.48. The summed E-state index contributed by atoms with van der Waals surface area (Å²) in [4.78, 5) is 51.4. The van der Waals surface area contributed by atoms with Gasteiger partial charge in [0.15, 0.2) is 13.2 Å². The fraction of sp³-hybridized carbons (Fsp3) is 0.385. The van der Waals surface area contributed by atoms with Crippen molar-refractivity contribution in [1.82, 2.24) is 10.6 Å². The molecule has 2 aromatic rings. The lowest BCUT2D eigenvalue weighted by Gasteiger charge is -2.25. The van der Waals surface area contributed by atoms with E-state index in [1.54, 1.807) is 0 Å². The Morgan fingerprint density at radius 3 is 1.13 bits per heavy atom. The zero-order chi connectivity index (χ0) is 34.9. The highest BCUT2D eigenvalue weighted by atomic mass is 127. The molecule has 0 saturated heterocycles. The number of carbonyl (C=O) groups is 4. The van der Waals surface area contributed by atoms with E-state index in [-0.39, 0.29) is 22.6 Å². The maximum absolute atomic E-state index is 13.6. The second-order valence-corrected chi connectivity index (χ2v) is 15.3. The SMILES string of the molecule is COC(=O)COc1c(I)c(C(=O)NC(CO)CO)c(I)c(-c2c(I)c(OCC(=O)OC)c(I)c(C(=O)NC(CO)CO)c2I)c1I. The van der Waals surface area contributed by atoms with Crippen LogP contribution in [-0.4, -0.2) is 110 Å². The van der Waals surface area contributed by atoms with Crippen molar-refractivity contribution in [3.05, 3.63) is 32.5 Å². The van der Waals surface area contributed by atoms with E-state index in [0.29, 0.717) is 32.5 Å². The molecular weight excluding hydrogens is 1290 g/mol. The number of amides is 2. The smallest absolute Gasteiger partial charge is 0.343 e. The van der Waals surface area contributed by atoms with E-state index in [1.165, 1.54) is 14.2 Å². The van der Waals surface area contributed by atoms with Crippen LogP contribution in [0.3, 0.4) is 0 Å². The van der Waals surface area contributed by atoms with Crippen LogP contribution in [0.4, 0.5) is 0 Å². The predicted octanol–water partition coefficient (Wildman–Crippen LogP) is 2.25. The van der Waals surface area contributed by atoms with E-state index in [2.05, 4.69) is 10.6 Å². The highest BCUT2D eigenvalue weighted by molar-refractivity contribution is 14.1. The third-order valence-electron chi connectivity index (χ3n) is 5.93. The molecule has 0 aliphatic carbocycles. The number of carbonyl (C=O) groups excluding carboxylic acids is 4. The lowest BCUT2D eigenvalue weighted by atomic mass is 9.99. The Morgan fingerprint density at radius 1 is 0.565 bits per heavy atom. The third kappa shape index (κ3) is 10.1. The Labute approximate surface area is 345 Å². The molecular formula is C26H26I6N2O12. The molecule has 20 heteroatoms. The van der Waals surface area contributed by atoms with Crippen LogP contribution in [0, 0.1) is 21.4 Å². The number of rotatable bonds is 15. The summed E-state index contributed by atoms with van der Waals surface area (Å²) >= 11 is 11.7. The van der Waals surface area contributed by atoms with Crippen molar-refractivity contribution in [2.45, 2.75) is 12.1 Å². The Morgan fingerprint density at radius 2 is 0.870 bits per heavy atom. The minimum Gasteiger partial charge on any atom is -0.480 e. The third-order valence-corrected chi connectivity index (χ3v) is 12.2. The maximum atomic E-state index is 13.6. The van der Waals surface area contributed by atoms with Crippen LogP contribution in [-0.2, 0) is 19.1 Å². The molecule has 46 heavy (non-hydrogen) atoms. The fourth-order valence-electron chi connectivity index (χ4n) is 3.57. The van der Waals surface area contributed by atoms with E-state index in [4.69, 9.17) is 18.9 Å². The highest BCUT2D eigenvalue weighted by Gasteiger charge is 2.34. The lowest BCUT2D eigenvalue weighted by Crippen LogP contribution is -2.41. The molecule has 0 aliphatic heterocycles. The number of hydrogen-bond donors (Lipinski definition) is 6. The first-order chi connectivity index (χ1) is 21.7. The van der Waals surface area contributed by atoms with Crippen LogP contribution in [0.1, 0.15) is 20.7 Å². The second kappa shape index (κ2) is 20.1. The van der Waals surface area contributed by atoms with Crippen molar-refractivity contribution >= 4 is 159 Å². The van der Waals surface area contributed by atoms with Crippen LogP contribution in [0.2, 0.25) is 0 Å². The summed E-state index contributed by atoms with van der Waals surface area (Å²) in [6, 6.07) is -1.95. The Kier molecular flexibility index (Phi) is 18.5. The number of ether oxygens (including phenoxy) is 4. The molecule has 0 radical (unpaired) electrons. The molecule has 0 saturated carbocycles. The van der Waals surface area contributed by atoms with Crippen LogP contribution in [0.25, 0.3) is 11.1 Å². The van der Waals surface area contributed by atoms with Gasteiger partial charge in [0.2, 0.25) is 0 Å². The van der Waals surface area contributed by atoms with Gasteiger partial charge < -0.3 is 50.0 Å². The molecule has 6 N–H and O–H groups in total. The molecule has 0 fully saturated rings. The summed E-state index contributed by atoms with van der Waals surface area (Å²) in [5.41, 5.74) is 0.993. The summed E-state index contributed by atoms with van der Waals surface area (Å²) in [5.74, 6) is -2.40. The number of methoxy groups -OCH3 is 2. The normalized spacial score (nSPS) is 11.0. The Hall–Kier alpha value is 0.140. The topological polar surface area (TPSA) is 210 Å². The van der Waals surface area contributed by atoms with E-state index in [9.17, 15) is 39.6 Å². The molecule has 0 bridgehead atoms. The number of aliphatic hydroxyl groups excluding tert-OH is 4. The van der Waals surface area contributed by atoms with Gasteiger partial charge in [0, 0.05) is 18.3 Å². The molecule has 0 unspecified atom stereocenters. The minimum atomic E-state index is -0.973. The average Bonchev–Trinajstić information content (AvgIpc) is 3.03. The van der Waals surface area contributed by atoms with Crippen LogP contribution in [0.5, 0.6) is 11.5 Å². The Bertz CT molecular complexity index is 1380. The number of esters is 2. The van der Waals surface area contributed by atoms with Gasteiger partial charge in [-0.1, -0.05) is 0 Å². The van der Waals surface area contributed by atoms with Gasteiger partial charge in [-0.05, 0) is 136 Å². The van der Waals surface area contributed by atoms with Gasteiger partial charge in [0.05, 0.1) is 78.1 Å². The van der Waals surface area contributed by atoms with Crippen LogP contribution < -0.4 is 20.1 Å². The van der Waals surface area contributed by atoms with Crippen molar-refractivity contribution in [3.8, 4) is 22.6 Å². The fourth-order valence-corrected chi connectivity index (χ4v) is 12.6. The summed E-state index contributed by atoms with van der Waals surface area (Å²) < 4.78 is 23.5. The summed E-state index contributed by atoms with van der Waals surface area (Å²) in [6.07, 6.45) is 0. The van der Waals surface area contributed by atoms with Gasteiger partial charge in [-0.3, -0.25) is 9.59 Å². The maximum Gasteiger partial charge on any atom is 0.343 e. The molecule has 0 atom stereocenters. The van der Waals surface area contributed by atoms with Crippen molar-refractivity contribution in [2.24, 2.45) is 0 Å². The zero-order valence-corrected chi connectivity index (χ0v) is 36.7. The van der Waals surface area contributed by atoms with E-state index in [0.717, 1.165) is 0 Å². The lowest BCUT2D eigenvalue weighted by molar-refractivity contribution is -0.143. The minimum absolute atomic E-state index is 0.0946. The predicted molar refractivity (Wildman–Crippen MR) is 214 cm³/mol. The molecule has 14 nitrogen and oxygen atoms in total. The zero-order valence-electron chi connectivity index (χ0n) is 23.7. The molecule has 0 heterocycles. The van der Waals surface area contributed by atoms with Gasteiger partial charge >= 0.3 is 11.9 Å². The second-order valence-electron chi connectivity index (χ2n) is 8.84.